The van der Waals surface area contributed by atoms with Gasteiger partial charge in [0.2, 0.25) is 0 Å². The Labute approximate surface area is 74.8 Å². The average Bonchev–Trinajstić information content (AvgIpc) is 2.02. The lowest BCUT2D eigenvalue weighted by atomic mass is 10.2. The van der Waals surface area contributed by atoms with E-state index in [1.807, 2.05) is 0 Å². The van der Waals surface area contributed by atoms with E-state index in [-0.39, 0.29) is 11.5 Å². The Hall–Kier alpha value is -1.32. The minimum Gasteiger partial charge on any atom is -0.504 e. The van der Waals surface area contributed by atoms with E-state index < -0.39 is 13.0 Å². The van der Waals surface area contributed by atoms with E-state index in [1.54, 1.807) is 13.0 Å². The second-order valence-electron chi connectivity index (χ2n) is 2.67. The molecule has 13 heavy (non-hydrogen) atoms. The SMILES string of the molecule is Cc1ccc(OCC(F)F)c(O)c1. The number of halogens is 2. The topological polar surface area (TPSA) is 29.5 Å². The van der Waals surface area contributed by atoms with Gasteiger partial charge in [-0.1, -0.05) is 6.07 Å². The van der Waals surface area contributed by atoms with Gasteiger partial charge in [0, 0.05) is 0 Å². The Kier molecular flexibility index (Phi) is 3.06. The quantitative estimate of drug-likeness (QED) is 0.788. The minimum atomic E-state index is -2.53. The molecule has 1 aromatic carbocycles. The van der Waals surface area contributed by atoms with E-state index in [2.05, 4.69) is 4.74 Å². The molecule has 0 aliphatic carbocycles. The van der Waals surface area contributed by atoms with Crippen molar-refractivity contribution < 1.29 is 18.6 Å². The molecule has 0 saturated heterocycles. The lowest BCUT2D eigenvalue weighted by Crippen LogP contribution is -2.06. The highest BCUT2D eigenvalue weighted by Crippen LogP contribution is 2.26. The fourth-order valence-corrected chi connectivity index (χ4v) is 0.902. The number of benzene rings is 1. The highest BCUT2D eigenvalue weighted by atomic mass is 19.3. The summed E-state index contributed by atoms with van der Waals surface area (Å²) in [6.45, 7) is 1.09. The van der Waals surface area contributed by atoms with Crippen LogP contribution in [0.1, 0.15) is 5.56 Å². The molecule has 4 heteroatoms. The van der Waals surface area contributed by atoms with Crippen molar-refractivity contribution in [2.45, 2.75) is 13.3 Å². The molecule has 1 aromatic rings. The van der Waals surface area contributed by atoms with Gasteiger partial charge in [-0.15, -0.1) is 0 Å². The largest absolute Gasteiger partial charge is 0.504 e. The number of phenols is 1. The third kappa shape index (κ3) is 2.89. The van der Waals surface area contributed by atoms with Crippen LogP contribution in [0.15, 0.2) is 18.2 Å². The third-order valence-electron chi connectivity index (χ3n) is 1.48. The van der Waals surface area contributed by atoms with E-state index in [0.717, 1.165) is 5.56 Å². The van der Waals surface area contributed by atoms with E-state index in [1.165, 1.54) is 12.1 Å². The predicted molar refractivity (Wildman–Crippen MR) is 44.3 cm³/mol. The molecule has 0 aliphatic rings. The standard InChI is InChI=1S/C9H10F2O2/c1-6-2-3-8(7(12)4-6)13-5-9(10)11/h2-4,9,12H,5H2,1H3. The summed E-state index contributed by atoms with van der Waals surface area (Å²) in [5, 5.41) is 9.23. The average molecular weight is 188 g/mol. The molecular formula is C9H10F2O2. The second-order valence-corrected chi connectivity index (χ2v) is 2.67. The summed E-state index contributed by atoms with van der Waals surface area (Å²) in [6, 6.07) is 4.61. The first-order valence-electron chi connectivity index (χ1n) is 3.80. The van der Waals surface area contributed by atoms with Gasteiger partial charge >= 0.3 is 0 Å². The van der Waals surface area contributed by atoms with Crippen LogP contribution in [0.4, 0.5) is 8.78 Å². The lowest BCUT2D eigenvalue weighted by Gasteiger charge is -2.07. The molecule has 0 radical (unpaired) electrons. The summed E-state index contributed by atoms with van der Waals surface area (Å²) in [5.41, 5.74) is 0.849. The van der Waals surface area contributed by atoms with Crippen LogP contribution >= 0.6 is 0 Å². The van der Waals surface area contributed by atoms with Gasteiger partial charge in [0.15, 0.2) is 11.5 Å². The van der Waals surface area contributed by atoms with Crippen molar-refractivity contribution in [3.63, 3.8) is 0 Å². The van der Waals surface area contributed by atoms with Gasteiger partial charge in [-0.05, 0) is 24.6 Å². The molecule has 0 fully saturated rings. The summed E-state index contributed by atoms with van der Waals surface area (Å²) in [7, 11) is 0. The van der Waals surface area contributed by atoms with Crippen molar-refractivity contribution in [2.24, 2.45) is 0 Å². The first kappa shape index (κ1) is 9.77. The van der Waals surface area contributed by atoms with Crippen LogP contribution in [0.3, 0.4) is 0 Å². The third-order valence-corrected chi connectivity index (χ3v) is 1.48. The molecule has 0 atom stereocenters. The number of ether oxygens (including phenoxy) is 1. The maximum atomic E-state index is 11.7. The van der Waals surface area contributed by atoms with Crippen molar-refractivity contribution in [2.75, 3.05) is 6.61 Å². The molecule has 0 unspecified atom stereocenters. The van der Waals surface area contributed by atoms with Crippen molar-refractivity contribution in [3.05, 3.63) is 23.8 Å². The van der Waals surface area contributed by atoms with Crippen LogP contribution in [0.2, 0.25) is 0 Å². The Balaban J connectivity index is 2.67. The Morgan fingerprint density at radius 2 is 2.15 bits per heavy atom. The Morgan fingerprint density at radius 3 is 2.69 bits per heavy atom. The number of alkyl halides is 2. The molecule has 0 aromatic heterocycles. The molecule has 0 spiro atoms. The van der Waals surface area contributed by atoms with Crippen LogP contribution in [-0.4, -0.2) is 18.1 Å². The van der Waals surface area contributed by atoms with Crippen LogP contribution in [0, 0.1) is 6.92 Å². The first-order valence-corrected chi connectivity index (χ1v) is 3.80. The molecule has 0 saturated carbocycles. The van der Waals surface area contributed by atoms with Gasteiger partial charge in [0.1, 0.15) is 6.61 Å². The summed E-state index contributed by atoms with van der Waals surface area (Å²) in [6.07, 6.45) is -2.53. The van der Waals surface area contributed by atoms with Crippen molar-refractivity contribution in [1.82, 2.24) is 0 Å². The van der Waals surface area contributed by atoms with Crippen LogP contribution in [-0.2, 0) is 0 Å². The summed E-state index contributed by atoms with van der Waals surface area (Å²) >= 11 is 0. The normalized spacial score (nSPS) is 10.5. The van der Waals surface area contributed by atoms with Crippen LogP contribution < -0.4 is 4.74 Å². The van der Waals surface area contributed by atoms with Gasteiger partial charge in [-0.25, -0.2) is 8.78 Å². The number of aryl methyl sites for hydroxylation is 1. The molecule has 2 nitrogen and oxygen atoms in total. The summed E-state index contributed by atoms with van der Waals surface area (Å²) in [4.78, 5) is 0. The van der Waals surface area contributed by atoms with Crippen LogP contribution in [0.25, 0.3) is 0 Å². The Morgan fingerprint density at radius 1 is 1.46 bits per heavy atom. The fraction of sp³-hybridized carbons (Fsp3) is 0.333. The maximum Gasteiger partial charge on any atom is 0.272 e. The lowest BCUT2D eigenvalue weighted by molar-refractivity contribution is 0.0805. The Bertz CT molecular complexity index is 287. The summed E-state index contributed by atoms with van der Waals surface area (Å²) in [5.74, 6) is -0.0217. The van der Waals surface area contributed by atoms with Crippen molar-refractivity contribution in [1.29, 1.82) is 0 Å². The number of phenolic OH excluding ortho intramolecular Hbond substituents is 1. The molecular weight excluding hydrogens is 178 g/mol. The van der Waals surface area contributed by atoms with E-state index in [4.69, 9.17) is 0 Å². The molecule has 72 valence electrons. The van der Waals surface area contributed by atoms with Gasteiger partial charge in [0.25, 0.3) is 6.43 Å². The van der Waals surface area contributed by atoms with Crippen molar-refractivity contribution >= 4 is 0 Å². The summed E-state index contributed by atoms with van der Waals surface area (Å²) < 4.78 is 28.1. The monoisotopic (exact) mass is 188 g/mol. The van der Waals surface area contributed by atoms with E-state index in [0.29, 0.717) is 0 Å². The van der Waals surface area contributed by atoms with Gasteiger partial charge < -0.3 is 9.84 Å². The fourth-order valence-electron chi connectivity index (χ4n) is 0.902. The van der Waals surface area contributed by atoms with Gasteiger partial charge in [-0.2, -0.15) is 0 Å². The molecule has 1 N–H and O–H groups in total. The molecule has 0 aliphatic heterocycles. The highest BCUT2D eigenvalue weighted by Gasteiger charge is 2.06. The minimum absolute atomic E-state index is 0.0888. The molecule has 0 heterocycles. The van der Waals surface area contributed by atoms with E-state index >= 15 is 0 Å². The maximum absolute atomic E-state index is 11.7. The molecule has 1 rings (SSSR count). The zero-order valence-electron chi connectivity index (χ0n) is 7.13. The van der Waals surface area contributed by atoms with E-state index in [9.17, 15) is 13.9 Å². The molecule has 0 bridgehead atoms. The number of hydrogen-bond acceptors (Lipinski definition) is 2. The second kappa shape index (κ2) is 4.07. The number of rotatable bonds is 3. The number of aromatic hydroxyl groups is 1. The predicted octanol–water partition coefficient (Wildman–Crippen LogP) is 2.34. The highest BCUT2D eigenvalue weighted by molar-refractivity contribution is 5.41. The zero-order valence-corrected chi connectivity index (χ0v) is 7.13. The number of hydrogen-bond donors (Lipinski definition) is 1. The smallest absolute Gasteiger partial charge is 0.272 e. The van der Waals surface area contributed by atoms with Crippen LogP contribution in [0.5, 0.6) is 11.5 Å². The van der Waals surface area contributed by atoms with Gasteiger partial charge in [-0.3, -0.25) is 0 Å². The first-order chi connectivity index (χ1) is 6.09. The van der Waals surface area contributed by atoms with Crippen molar-refractivity contribution in [3.8, 4) is 11.5 Å². The van der Waals surface area contributed by atoms with Gasteiger partial charge in [0.05, 0.1) is 0 Å². The zero-order chi connectivity index (χ0) is 9.84. The molecule has 0 amide bonds.